The minimum atomic E-state index is -0.361. The molecule has 4 heteroatoms. The third-order valence-corrected chi connectivity index (χ3v) is 3.82. The van der Waals surface area contributed by atoms with E-state index in [1.165, 1.54) is 0 Å². The highest BCUT2D eigenvalue weighted by atomic mass is 16.6. The van der Waals surface area contributed by atoms with Crippen LogP contribution in [0.5, 0.6) is 0 Å². The maximum Gasteiger partial charge on any atom is 0.523 e. The molecule has 2 rings (SSSR count). The first-order chi connectivity index (χ1) is 8.66. The summed E-state index contributed by atoms with van der Waals surface area (Å²) < 4.78 is 5.07. The summed E-state index contributed by atoms with van der Waals surface area (Å²) in [7, 11) is 0. The van der Waals surface area contributed by atoms with E-state index >= 15 is 0 Å². The van der Waals surface area contributed by atoms with Crippen molar-refractivity contribution in [2.24, 2.45) is 0 Å². The summed E-state index contributed by atoms with van der Waals surface area (Å²) in [6.07, 6.45) is 1.45. The normalized spacial score (nSPS) is 26.5. The first-order valence-electron chi connectivity index (χ1n) is 6.41. The van der Waals surface area contributed by atoms with E-state index in [0.717, 1.165) is 24.1 Å². The molecule has 0 aliphatic carbocycles. The zero-order valence-corrected chi connectivity index (χ0v) is 10.9. The maximum absolute atomic E-state index is 12.3. The van der Waals surface area contributed by atoms with Crippen LogP contribution in [-0.4, -0.2) is 30.6 Å². The number of quaternary nitrogens is 1. The van der Waals surface area contributed by atoms with E-state index in [1.807, 2.05) is 31.2 Å². The van der Waals surface area contributed by atoms with E-state index in [1.54, 1.807) is 6.92 Å². The Hall–Kier alpha value is -1.39. The summed E-state index contributed by atoms with van der Waals surface area (Å²) >= 11 is 0. The van der Waals surface area contributed by atoms with Crippen molar-refractivity contribution in [1.29, 1.82) is 0 Å². The fraction of sp³-hybridized carbons (Fsp3) is 0.500. The van der Waals surface area contributed by atoms with E-state index in [9.17, 15) is 9.90 Å². The van der Waals surface area contributed by atoms with E-state index in [2.05, 4.69) is 0 Å². The van der Waals surface area contributed by atoms with E-state index in [0.29, 0.717) is 6.61 Å². The van der Waals surface area contributed by atoms with E-state index < -0.39 is 0 Å². The third-order valence-electron chi connectivity index (χ3n) is 3.82. The Morgan fingerprint density at radius 2 is 2.22 bits per heavy atom. The van der Waals surface area contributed by atoms with Gasteiger partial charge in [-0.05, 0) is 20.3 Å². The topological polar surface area (TPSA) is 46.5 Å². The van der Waals surface area contributed by atoms with Crippen molar-refractivity contribution in [2.75, 3.05) is 13.3 Å². The first-order valence-corrected chi connectivity index (χ1v) is 6.41. The summed E-state index contributed by atoms with van der Waals surface area (Å²) in [5, 5.41) is 9.83. The average molecular weight is 250 g/mol. The molecule has 0 bridgehead atoms. The van der Waals surface area contributed by atoms with Crippen LogP contribution >= 0.6 is 0 Å². The number of hydrogen-bond acceptors (Lipinski definition) is 3. The molecule has 4 nitrogen and oxygen atoms in total. The molecule has 1 aliphatic rings. The number of ether oxygens (including phenoxy) is 1. The van der Waals surface area contributed by atoms with Gasteiger partial charge in [0.05, 0.1) is 6.61 Å². The molecule has 2 unspecified atom stereocenters. The van der Waals surface area contributed by atoms with Gasteiger partial charge in [0, 0.05) is 18.1 Å². The Kier molecular flexibility index (Phi) is 3.68. The predicted molar refractivity (Wildman–Crippen MR) is 70.1 cm³/mol. The molecule has 1 N–H and O–H groups in total. The molecule has 1 aromatic carbocycles. The van der Waals surface area contributed by atoms with Crippen LogP contribution in [0.25, 0.3) is 0 Å². The summed E-state index contributed by atoms with van der Waals surface area (Å²) in [5.74, 6) is 0. The van der Waals surface area contributed by atoms with Crippen LogP contribution in [0.15, 0.2) is 24.3 Å². The minimum Gasteiger partial charge on any atom is -0.420 e. The smallest absolute Gasteiger partial charge is 0.420 e. The fourth-order valence-electron chi connectivity index (χ4n) is 2.72. The zero-order valence-electron chi connectivity index (χ0n) is 10.9. The molecule has 0 spiro atoms. The molecule has 1 amide bonds. The van der Waals surface area contributed by atoms with Crippen molar-refractivity contribution in [3.63, 3.8) is 0 Å². The van der Waals surface area contributed by atoms with Gasteiger partial charge in [-0.3, -0.25) is 0 Å². The highest BCUT2D eigenvalue weighted by Crippen LogP contribution is 2.37. The number of rotatable bonds is 2. The molecule has 1 heterocycles. The van der Waals surface area contributed by atoms with Crippen molar-refractivity contribution < 1.29 is 14.6 Å². The number of aliphatic hydroxyl groups is 1. The lowest BCUT2D eigenvalue weighted by molar-refractivity contribution is 0.0438. The van der Waals surface area contributed by atoms with Gasteiger partial charge in [0.2, 0.25) is 0 Å². The Morgan fingerprint density at radius 3 is 2.89 bits per heavy atom. The van der Waals surface area contributed by atoms with Gasteiger partial charge in [0.15, 0.2) is 6.73 Å². The quantitative estimate of drug-likeness (QED) is 0.820. The van der Waals surface area contributed by atoms with Crippen molar-refractivity contribution in [1.82, 2.24) is 4.48 Å². The number of amides is 1. The van der Waals surface area contributed by atoms with Crippen LogP contribution < -0.4 is 4.48 Å². The van der Waals surface area contributed by atoms with Gasteiger partial charge in [-0.2, -0.15) is 9.28 Å². The highest BCUT2D eigenvalue weighted by molar-refractivity contribution is 5.84. The number of aryl methyl sites for hydroxylation is 1. The third kappa shape index (κ3) is 1.82. The van der Waals surface area contributed by atoms with Crippen LogP contribution in [-0.2, 0) is 11.2 Å². The van der Waals surface area contributed by atoms with Gasteiger partial charge in [-0.25, -0.2) is 0 Å². The average Bonchev–Trinajstić information content (AvgIpc) is 2.39. The molecule has 0 aromatic heterocycles. The first kappa shape index (κ1) is 13.1. The van der Waals surface area contributed by atoms with Crippen molar-refractivity contribution in [3.8, 4) is 0 Å². The second-order valence-corrected chi connectivity index (χ2v) is 4.73. The van der Waals surface area contributed by atoms with E-state index in [-0.39, 0.29) is 23.3 Å². The van der Waals surface area contributed by atoms with Crippen molar-refractivity contribution in [3.05, 3.63) is 29.8 Å². The Morgan fingerprint density at radius 1 is 1.50 bits per heavy atom. The van der Waals surface area contributed by atoms with Crippen LogP contribution in [0.2, 0.25) is 0 Å². The molecule has 0 saturated carbocycles. The van der Waals surface area contributed by atoms with Crippen molar-refractivity contribution in [2.45, 2.75) is 32.7 Å². The molecule has 1 aromatic rings. The number of hydrogen-bond donors (Lipinski definition) is 1. The zero-order chi connectivity index (χ0) is 13.2. The lowest BCUT2D eigenvalue weighted by Gasteiger charge is -2.41. The number of carbonyl (C=O) groups excluding carboxylic acids is 1. The van der Waals surface area contributed by atoms with Crippen molar-refractivity contribution >= 4 is 11.8 Å². The number of benzene rings is 1. The summed E-state index contributed by atoms with van der Waals surface area (Å²) in [5.41, 5.74) is 2.00. The standard InChI is InChI=1S/C14H20NO3/c1-3-18-14(17)15(10-16)11(2)8-9-12-6-4-5-7-13(12)15/h4-7,11,16H,3,8-10H2,1-2H3/q+1. The monoisotopic (exact) mass is 250 g/mol. The maximum atomic E-state index is 12.3. The molecule has 2 atom stereocenters. The largest absolute Gasteiger partial charge is 0.523 e. The molecular weight excluding hydrogens is 230 g/mol. The summed E-state index contributed by atoms with van der Waals surface area (Å²) in [6, 6.07) is 7.83. The lowest BCUT2D eigenvalue weighted by atomic mass is 9.94. The molecule has 0 fully saturated rings. The van der Waals surface area contributed by atoms with Gasteiger partial charge in [-0.15, -0.1) is 0 Å². The highest BCUT2D eigenvalue weighted by Gasteiger charge is 2.49. The molecule has 0 saturated heterocycles. The minimum absolute atomic E-state index is 0.0314. The Labute approximate surface area is 107 Å². The van der Waals surface area contributed by atoms with Gasteiger partial charge >= 0.3 is 6.09 Å². The SMILES string of the molecule is CCOC(=O)[N+]1(CO)c2ccccc2CCC1C. The fourth-order valence-corrected chi connectivity index (χ4v) is 2.72. The van der Waals surface area contributed by atoms with Crippen LogP contribution in [0.4, 0.5) is 10.5 Å². The molecule has 18 heavy (non-hydrogen) atoms. The predicted octanol–water partition coefficient (Wildman–Crippen LogP) is 2.43. The molecule has 1 aliphatic heterocycles. The Balaban J connectivity index is 2.54. The van der Waals surface area contributed by atoms with Gasteiger partial charge < -0.3 is 9.84 Å². The second-order valence-electron chi connectivity index (χ2n) is 4.73. The second kappa shape index (κ2) is 5.08. The number of carbonyl (C=O) groups is 1. The van der Waals surface area contributed by atoms with Gasteiger partial charge in [0.1, 0.15) is 11.7 Å². The summed E-state index contributed by atoms with van der Waals surface area (Å²) in [4.78, 5) is 12.3. The van der Waals surface area contributed by atoms with Crippen LogP contribution in [0.1, 0.15) is 25.8 Å². The summed E-state index contributed by atoms with van der Waals surface area (Å²) in [6.45, 7) is 3.85. The Bertz CT molecular complexity index is 446. The number of para-hydroxylation sites is 1. The number of aliphatic hydroxyl groups excluding tert-OH is 1. The van der Waals surface area contributed by atoms with E-state index in [4.69, 9.17) is 4.74 Å². The number of fused-ring (bicyclic) bond motifs is 1. The van der Waals surface area contributed by atoms with Gasteiger partial charge in [-0.1, -0.05) is 18.2 Å². The van der Waals surface area contributed by atoms with Gasteiger partial charge in [0.25, 0.3) is 0 Å². The number of nitrogens with zero attached hydrogens (tertiary/aromatic N) is 1. The molecular formula is C14H20NO3+. The molecule has 98 valence electrons. The van der Waals surface area contributed by atoms with Crippen LogP contribution in [0, 0.1) is 0 Å². The van der Waals surface area contributed by atoms with Crippen LogP contribution in [0.3, 0.4) is 0 Å². The molecule has 0 radical (unpaired) electrons. The lowest BCUT2D eigenvalue weighted by Crippen LogP contribution is -2.62.